The Balaban J connectivity index is 2.28. The average Bonchev–Trinajstić information content (AvgIpc) is 2.35. The minimum absolute atomic E-state index is 0.000165. The number of benzene rings is 1. The summed E-state index contributed by atoms with van der Waals surface area (Å²) in [7, 11) is 0. The van der Waals surface area contributed by atoms with Crippen molar-refractivity contribution in [3.63, 3.8) is 0 Å². The Kier molecular flexibility index (Phi) is 3.62. The van der Waals surface area contributed by atoms with E-state index in [0.29, 0.717) is 15.7 Å². The van der Waals surface area contributed by atoms with E-state index in [2.05, 4.69) is 26.2 Å². The molecule has 18 heavy (non-hydrogen) atoms. The van der Waals surface area contributed by atoms with E-state index in [1.165, 1.54) is 0 Å². The first-order valence-corrected chi connectivity index (χ1v) is 6.08. The van der Waals surface area contributed by atoms with Crippen LogP contribution in [0.2, 0.25) is 0 Å². The summed E-state index contributed by atoms with van der Waals surface area (Å²) < 4.78 is 0.686. The van der Waals surface area contributed by atoms with Crippen LogP contribution in [0, 0.1) is 6.92 Å². The fraction of sp³-hybridized carbons (Fsp3) is 0.0769. The Labute approximate surface area is 113 Å². The molecule has 0 atom stereocenters. The molecule has 2 rings (SSSR count). The van der Waals surface area contributed by atoms with E-state index in [0.717, 1.165) is 0 Å². The Morgan fingerprint density at radius 2 is 2.17 bits per heavy atom. The molecule has 1 amide bonds. The van der Waals surface area contributed by atoms with E-state index in [9.17, 15) is 9.90 Å². The Bertz CT molecular complexity index is 599. The molecule has 0 saturated heterocycles. The van der Waals surface area contributed by atoms with Crippen molar-refractivity contribution in [3.05, 3.63) is 52.3 Å². The van der Waals surface area contributed by atoms with Crippen molar-refractivity contribution in [2.24, 2.45) is 0 Å². The fourth-order valence-electron chi connectivity index (χ4n) is 1.51. The first-order valence-electron chi connectivity index (χ1n) is 5.29. The second-order valence-corrected chi connectivity index (χ2v) is 4.64. The number of hydrogen-bond donors (Lipinski definition) is 2. The van der Waals surface area contributed by atoms with Crippen LogP contribution in [0.3, 0.4) is 0 Å². The normalized spacial score (nSPS) is 10.1. The molecule has 0 aliphatic heterocycles. The lowest BCUT2D eigenvalue weighted by Gasteiger charge is -2.09. The molecule has 2 aromatic rings. The summed E-state index contributed by atoms with van der Waals surface area (Å²) in [5.41, 5.74) is 1.52. The van der Waals surface area contributed by atoms with Crippen molar-refractivity contribution in [1.29, 1.82) is 0 Å². The number of hydrogen-bond acceptors (Lipinski definition) is 3. The summed E-state index contributed by atoms with van der Waals surface area (Å²) in [6, 6.07) is 6.72. The van der Waals surface area contributed by atoms with Gasteiger partial charge in [0.15, 0.2) is 0 Å². The standard InChI is InChI=1S/C13H11BrN2O2/c1-8-3-2-4-9(12(8)17)13(18)16-11-5-6-15-7-10(11)14/h2-7,17H,1H3,(H,15,16,18). The van der Waals surface area contributed by atoms with Gasteiger partial charge < -0.3 is 10.4 Å². The first kappa shape index (κ1) is 12.6. The number of aromatic nitrogens is 1. The highest BCUT2D eigenvalue weighted by atomic mass is 79.9. The van der Waals surface area contributed by atoms with Gasteiger partial charge in [0, 0.05) is 12.4 Å². The molecule has 4 nitrogen and oxygen atoms in total. The van der Waals surface area contributed by atoms with Gasteiger partial charge >= 0.3 is 0 Å². The van der Waals surface area contributed by atoms with Gasteiger partial charge in [-0.05, 0) is 40.5 Å². The number of phenolic OH excluding ortho intramolecular Hbond substituents is 1. The SMILES string of the molecule is Cc1cccc(C(=O)Nc2ccncc2Br)c1O. The zero-order valence-electron chi connectivity index (χ0n) is 9.64. The zero-order valence-corrected chi connectivity index (χ0v) is 11.2. The van der Waals surface area contributed by atoms with Crippen LogP contribution in [0.5, 0.6) is 5.75 Å². The number of nitrogens with zero attached hydrogens (tertiary/aromatic N) is 1. The molecular weight excluding hydrogens is 296 g/mol. The molecule has 92 valence electrons. The van der Waals surface area contributed by atoms with E-state index in [4.69, 9.17) is 0 Å². The molecule has 0 radical (unpaired) electrons. The third-order valence-electron chi connectivity index (χ3n) is 2.50. The van der Waals surface area contributed by atoms with Gasteiger partial charge in [-0.25, -0.2) is 0 Å². The van der Waals surface area contributed by atoms with Crippen molar-refractivity contribution in [2.45, 2.75) is 6.92 Å². The highest BCUT2D eigenvalue weighted by Crippen LogP contribution is 2.25. The second-order valence-electron chi connectivity index (χ2n) is 3.78. The largest absolute Gasteiger partial charge is 0.507 e. The zero-order chi connectivity index (χ0) is 13.1. The van der Waals surface area contributed by atoms with Crippen molar-refractivity contribution in [3.8, 4) is 5.75 Å². The van der Waals surface area contributed by atoms with E-state index < -0.39 is 0 Å². The molecule has 2 N–H and O–H groups in total. The minimum Gasteiger partial charge on any atom is -0.507 e. The van der Waals surface area contributed by atoms with Crippen LogP contribution in [0.1, 0.15) is 15.9 Å². The highest BCUT2D eigenvalue weighted by Gasteiger charge is 2.13. The Morgan fingerprint density at radius 1 is 1.39 bits per heavy atom. The van der Waals surface area contributed by atoms with Crippen LogP contribution in [-0.4, -0.2) is 16.0 Å². The van der Waals surface area contributed by atoms with Crippen LogP contribution in [-0.2, 0) is 0 Å². The summed E-state index contributed by atoms with van der Waals surface area (Å²) in [4.78, 5) is 15.9. The number of aryl methyl sites for hydroxylation is 1. The molecule has 0 aliphatic carbocycles. The van der Waals surface area contributed by atoms with Crippen molar-refractivity contribution >= 4 is 27.5 Å². The lowest BCUT2D eigenvalue weighted by Crippen LogP contribution is -2.12. The molecule has 0 bridgehead atoms. The number of amides is 1. The van der Waals surface area contributed by atoms with Crippen LogP contribution in [0.25, 0.3) is 0 Å². The van der Waals surface area contributed by atoms with Crippen molar-refractivity contribution in [1.82, 2.24) is 4.98 Å². The number of pyridine rings is 1. The van der Waals surface area contributed by atoms with Crippen LogP contribution < -0.4 is 5.32 Å². The summed E-state index contributed by atoms with van der Waals surface area (Å²) in [5, 5.41) is 12.5. The van der Waals surface area contributed by atoms with Crippen LogP contribution in [0.15, 0.2) is 41.1 Å². The number of carbonyl (C=O) groups is 1. The molecule has 0 saturated carbocycles. The molecule has 1 heterocycles. The third-order valence-corrected chi connectivity index (χ3v) is 3.13. The van der Waals surface area contributed by atoms with E-state index in [1.54, 1.807) is 43.6 Å². The number of halogens is 1. The van der Waals surface area contributed by atoms with Gasteiger partial charge in [-0.2, -0.15) is 0 Å². The third kappa shape index (κ3) is 2.51. The molecule has 0 fully saturated rings. The number of rotatable bonds is 2. The maximum absolute atomic E-state index is 12.0. The smallest absolute Gasteiger partial charge is 0.259 e. The quantitative estimate of drug-likeness (QED) is 0.896. The van der Waals surface area contributed by atoms with E-state index >= 15 is 0 Å². The minimum atomic E-state index is -0.358. The van der Waals surface area contributed by atoms with Gasteiger partial charge in [-0.1, -0.05) is 12.1 Å². The summed E-state index contributed by atoms with van der Waals surface area (Å²) >= 11 is 3.29. The molecule has 0 spiro atoms. The predicted octanol–water partition coefficient (Wildman–Crippen LogP) is 3.11. The fourth-order valence-corrected chi connectivity index (χ4v) is 1.86. The van der Waals surface area contributed by atoms with E-state index in [-0.39, 0.29) is 17.2 Å². The highest BCUT2D eigenvalue weighted by molar-refractivity contribution is 9.10. The van der Waals surface area contributed by atoms with Gasteiger partial charge in [-0.15, -0.1) is 0 Å². The van der Waals surface area contributed by atoms with Gasteiger partial charge in [0.2, 0.25) is 0 Å². The lowest BCUT2D eigenvalue weighted by molar-refractivity contribution is 0.102. The van der Waals surface area contributed by atoms with Gasteiger partial charge in [0.1, 0.15) is 5.75 Å². The monoisotopic (exact) mass is 306 g/mol. The van der Waals surface area contributed by atoms with Gasteiger partial charge in [-0.3, -0.25) is 9.78 Å². The maximum atomic E-state index is 12.0. The number of aromatic hydroxyl groups is 1. The Hall–Kier alpha value is -1.88. The lowest BCUT2D eigenvalue weighted by atomic mass is 10.1. The molecule has 1 aromatic heterocycles. The number of anilines is 1. The van der Waals surface area contributed by atoms with Crippen molar-refractivity contribution in [2.75, 3.05) is 5.32 Å². The molecule has 0 aliphatic rings. The second kappa shape index (κ2) is 5.18. The first-order chi connectivity index (χ1) is 8.59. The van der Waals surface area contributed by atoms with E-state index in [1.807, 2.05) is 0 Å². The Morgan fingerprint density at radius 3 is 2.89 bits per heavy atom. The number of para-hydroxylation sites is 1. The molecule has 1 aromatic carbocycles. The summed E-state index contributed by atoms with van der Waals surface area (Å²) in [5.74, 6) is -0.358. The summed E-state index contributed by atoms with van der Waals surface area (Å²) in [6.07, 6.45) is 3.17. The number of nitrogens with one attached hydrogen (secondary N) is 1. The van der Waals surface area contributed by atoms with Crippen molar-refractivity contribution < 1.29 is 9.90 Å². The summed E-state index contributed by atoms with van der Waals surface area (Å²) in [6.45, 7) is 1.74. The predicted molar refractivity (Wildman–Crippen MR) is 72.7 cm³/mol. The number of carbonyl (C=O) groups excluding carboxylic acids is 1. The van der Waals surface area contributed by atoms with Crippen LogP contribution >= 0.6 is 15.9 Å². The van der Waals surface area contributed by atoms with Gasteiger partial charge in [0.05, 0.1) is 15.7 Å². The number of phenols is 1. The van der Waals surface area contributed by atoms with Crippen LogP contribution in [0.4, 0.5) is 5.69 Å². The topological polar surface area (TPSA) is 62.2 Å². The molecule has 5 heteroatoms. The maximum Gasteiger partial charge on any atom is 0.259 e. The molecule has 0 unspecified atom stereocenters. The molecular formula is C13H11BrN2O2. The average molecular weight is 307 g/mol. The van der Waals surface area contributed by atoms with Gasteiger partial charge in [0.25, 0.3) is 5.91 Å².